The van der Waals surface area contributed by atoms with Crippen molar-refractivity contribution in [1.29, 1.82) is 0 Å². The molecule has 1 aromatic carbocycles. The Labute approximate surface area is 141 Å². The van der Waals surface area contributed by atoms with E-state index in [2.05, 4.69) is 5.48 Å². The predicted octanol–water partition coefficient (Wildman–Crippen LogP) is 1.19. The second-order valence-electron chi connectivity index (χ2n) is 5.69. The highest BCUT2D eigenvalue weighted by Gasteiger charge is 2.30. The third-order valence-electron chi connectivity index (χ3n) is 3.98. The molecule has 8 heteroatoms. The van der Waals surface area contributed by atoms with Gasteiger partial charge in [0.25, 0.3) is 5.91 Å². The van der Waals surface area contributed by atoms with E-state index in [0.717, 1.165) is 19.3 Å². The lowest BCUT2D eigenvalue weighted by atomic mass is 10.2. The fraction of sp³-hybridized carbons (Fsp3) is 0.438. The predicted molar refractivity (Wildman–Crippen MR) is 86.1 cm³/mol. The number of nitrogens with one attached hydrogen (secondary N) is 1. The highest BCUT2D eigenvalue weighted by Crippen LogP contribution is 2.21. The zero-order valence-electron chi connectivity index (χ0n) is 13.2. The highest BCUT2D eigenvalue weighted by molar-refractivity contribution is 7.89. The standard InChI is InChI=1S/C16H20N2O5S/c19-16(17-23-15-8-4-5-11-22-15)13-9-10-18(12-13)24(20,21)14-6-2-1-3-7-14/h1-3,6-7,9,15H,4-5,8,10-12H2,(H,17,19). The molecule has 130 valence electrons. The van der Waals surface area contributed by atoms with Crippen molar-refractivity contribution < 1.29 is 22.8 Å². The van der Waals surface area contributed by atoms with Crippen LogP contribution in [0.5, 0.6) is 0 Å². The van der Waals surface area contributed by atoms with Crippen molar-refractivity contribution in [2.75, 3.05) is 19.7 Å². The zero-order chi connectivity index (χ0) is 17.0. The number of carbonyl (C=O) groups is 1. The van der Waals surface area contributed by atoms with Gasteiger partial charge in [0.05, 0.1) is 4.90 Å². The molecular formula is C16H20N2O5S. The maximum Gasteiger partial charge on any atom is 0.271 e. The van der Waals surface area contributed by atoms with Crippen molar-refractivity contribution in [2.24, 2.45) is 0 Å². The lowest BCUT2D eigenvalue weighted by molar-refractivity contribution is -0.198. The molecular weight excluding hydrogens is 332 g/mol. The maximum atomic E-state index is 12.5. The van der Waals surface area contributed by atoms with Gasteiger partial charge in [-0.3, -0.25) is 4.79 Å². The molecule has 3 rings (SSSR count). The van der Waals surface area contributed by atoms with Gasteiger partial charge >= 0.3 is 0 Å². The molecule has 1 atom stereocenters. The van der Waals surface area contributed by atoms with Crippen LogP contribution >= 0.6 is 0 Å². The van der Waals surface area contributed by atoms with E-state index < -0.39 is 22.2 Å². The van der Waals surface area contributed by atoms with E-state index in [0.29, 0.717) is 12.2 Å². The minimum atomic E-state index is -3.60. The Morgan fingerprint density at radius 3 is 2.75 bits per heavy atom. The fourth-order valence-electron chi connectivity index (χ4n) is 2.61. The van der Waals surface area contributed by atoms with Gasteiger partial charge in [0, 0.05) is 31.7 Å². The molecule has 0 aliphatic carbocycles. The van der Waals surface area contributed by atoms with Crippen LogP contribution in [-0.2, 0) is 24.4 Å². The van der Waals surface area contributed by atoms with E-state index in [1.807, 2.05) is 0 Å². The number of amides is 1. The van der Waals surface area contributed by atoms with Crippen LogP contribution in [0.2, 0.25) is 0 Å². The molecule has 1 amide bonds. The molecule has 1 N–H and O–H groups in total. The van der Waals surface area contributed by atoms with Gasteiger partial charge in [0.1, 0.15) is 0 Å². The number of hydrogen-bond acceptors (Lipinski definition) is 5. The maximum absolute atomic E-state index is 12.5. The van der Waals surface area contributed by atoms with Crippen molar-refractivity contribution in [3.63, 3.8) is 0 Å². The number of nitrogens with zero attached hydrogens (tertiary/aromatic N) is 1. The molecule has 7 nitrogen and oxygen atoms in total. The Hall–Kier alpha value is -1.74. The summed E-state index contributed by atoms with van der Waals surface area (Å²) in [6.07, 6.45) is 3.88. The van der Waals surface area contributed by atoms with Crippen molar-refractivity contribution in [2.45, 2.75) is 30.4 Å². The Morgan fingerprint density at radius 1 is 1.25 bits per heavy atom. The van der Waals surface area contributed by atoms with Crippen molar-refractivity contribution in [3.05, 3.63) is 42.0 Å². The van der Waals surface area contributed by atoms with Gasteiger partial charge in [0.2, 0.25) is 10.0 Å². The molecule has 24 heavy (non-hydrogen) atoms. The Kier molecular flexibility index (Phi) is 5.30. The van der Waals surface area contributed by atoms with Crippen LogP contribution in [-0.4, -0.2) is 44.6 Å². The second kappa shape index (κ2) is 7.43. The summed E-state index contributed by atoms with van der Waals surface area (Å²) in [4.78, 5) is 17.6. The van der Waals surface area contributed by atoms with Crippen LogP contribution in [0.1, 0.15) is 19.3 Å². The van der Waals surface area contributed by atoms with Gasteiger partial charge in [-0.05, 0) is 25.0 Å². The fourth-order valence-corrected chi connectivity index (χ4v) is 3.99. The first-order chi connectivity index (χ1) is 11.6. The number of rotatable bonds is 5. The molecule has 2 heterocycles. The van der Waals surface area contributed by atoms with Crippen LogP contribution in [0.4, 0.5) is 0 Å². The molecule has 0 spiro atoms. The van der Waals surface area contributed by atoms with Gasteiger partial charge in [-0.15, -0.1) is 0 Å². The molecule has 2 aliphatic heterocycles. The number of hydrogen-bond donors (Lipinski definition) is 1. The summed E-state index contributed by atoms with van der Waals surface area (Å²) < 4.78 is 31.7. The third kappa shape index (κ3) is 3.84. The van der Waals surface area contributed by atoms with E-state index >= 15 is 0 Å². The zero-order valence-corrected chi connectivity index (χ0v) is 14.0. The monoisotopic (exact) mass is 352 g/mol. The van der Waals surface area contributed by atoms with E-state index in [-0.39, 0.29) is 18.0 Å². The smallest absolute Gasteiger partial charge is 0.271 e. The molecule has 0 radical (unpaired) electrons. The quantitative estimate of drug-likeness (QED) is 0.805. The van der Waals surface area contributed by atoms with Crippen LogP contribution in [0.3, 0.4) is 0 Å². The number of sulfonamides is 1. The number of hydroxylamine groups is 1. The third-order valence-corrected chi connectivity index (χ3v) is 5.81. The van der Waals surface area contributed by atoms with Crippen LogP contribution in [0.15, 0.2) is 46.9 Å². The molecule has 1 aromatic rings. The molecule has 1 unspecified atom stereocenters. The molecule has 0 aromatic heterocycles. The average molecular weight is 352 g/mol. The Bertz CT molecular complexity index is 711. The molecule has 1 fully saturated rings. The summed E-state index contributed by atoms with van der Waals surface area (Å²) in [7, 11) is -3.60. The normalized spacial score (nSPS) is 22.2. The largest absolute Gasteiger partial charge is 0.350 e. The van der Waals surface area contributed by atoms with Gasteiger partial charge in [0.15, 0.2) is 6.29 Å². The number of ether oxygens (including phenoxy) is 1. The lowest BCUT2D eigenvalue weighted by Gasteiger charge is -2.22. The number of benzene rings is 1. The minimum absolute atomic E-state index is 0.0257. The van der Waals surface area contributed by atoms with E-state index in [1.165, 1.54) is 16.4 Å². The summed E-state index contributed by atoms with van der Waals surface area (Å²) in [5.74, 6) is -0.435. The summed E-state index contributed by atoms with van der Waals surface area (Å²) in [6.45, 7) is 0.810. The minimum Gasteiger partial charge on any atom is -0.350 e. The van der Waals surface area contributed by atoms with Gasteiger partial charge < -0.3 is 4.74 Å². The Morgan fingerprint density at radius 2 is 2.04 bits per heavy atom. The van der Waals surface area contributed by atoms with Gasteiger partial charge in [-0.1, -0.05) is 24.3 Å². The molecule has 0 bridgehead atoms. The highest BCUT2D eigenvalue weighted by atomic mass is 32.2. The Balaban J connectivity index is 1.55. The summed E-state index contributed by atoms with van der Waals surface area (Å²) in [5, 5.41) is 0. The van der Waals surface area contributed by atoms with E-state index in [9.17, 15) is 13.2 Å². The van der Waals surface area contributed by atoms with Crippen LogP contribution in [0, 0.1) is 0 Å². The van der Waals surface area contributed by atoms with Crippen molar-refractivity contribution >= 4 is 15.9 Å². The first-order valence-electron chi connectivity index (χ1n) is 7.89. The summed E-state index contributed by atoms with van der Waals surface area (Å²) in [5.41, 5.74) is 2.72. The van der Waals surface area contributed by atoms with Crippen molar-refractivity contribution in [3.8, 4) is 0 Å². The van der Waals surface area contributed by atoms with Crippen LogP contribution < -0.4 is 5.48 Å². The molecule has 2 aliphatic rings. The summed E-state index contributed by atoms with van der Waals surface area (Å²) >= 11 is 0. The molecule has 1 saturated heterocycles. The number of carbonyl (C=O) groups excluding carboxylic acids is 1. The first-order valence-corrected chi connectivity index (χ1v) is 9.33. The van der Waals surface area contributed by atoms with E-state index in [4.69, 9.17) is 9.57 Å². The lowest BCUT2D eigenvalue weighted by Crippen LogP contribution is -2.35. The van der Waals surface area contributed by atoms with Gasteiger partial charge in [-0.25, -0.2) is 18.7 Å². The topological polar surface area (TPSA) is 84.9 Å². The average Bonchev–Trinajstić information content (AvgIpc) is 3.12. The SMILES string of the molecule is O=C(NOC1CCCCO1)C1=CCN(S(=O)(=O)c2ccccc2)C1. The van der Waals surface area contributed by atoms with Gasteiger partial charge in [-0.2, -0.15) is 4.31 Å². The molecule has 0 saturated carbocycles. The van der Waals surface area contributed by atoms with E-state index in [1.54, 1.807) is 24.3 Å². The summed E-state index contributed by atoms with van der Waals surface area (Å²) in [6, 6.07) is 8.17. The first kappa shape index (κ1) is 17.1. The second-order valence-corrected chi connectivity index (χ2v) is 7.62. The van der Waals surface area contributed by atoms with Crippen LogP contribution in [0.25, 0.3) is 0 Å². The van der Waals surface area contributed by atoms with Crippen molar-refractivity contribution in [1.82, 2.24) is 9.79 Å².